The van der Waals surface area contributed by atoms with Crippen LogP contribution in [0.25, 0.3) is 0 Å². The number of hydrogen-bond donors (Lipinski definition) is 1. The van der Waals surface area contributed by atoms with Gasteiger partial charge in [-0.05, 0) is 54.1 Å². The molecule has 3 nitrogen and oxygen atoms in total. The molecule has 140 valence electrons. The molecule has 1 fully saturated rings. The van der Waals surface area contributed by atoms with Crippen molar-refractivity contribution in [1.82, 2.24) is 0 Å². The van der Waals surface area contributed by atoms with Crippen molar-refractivity contribution in [2.75, 3.05) is 0 Å². The average molecular weight is 378 g/mol. The van der Waals surface area contributed by atoms with Crippen LogP contribution >= 0.6 is 0 Å². The highest BCUT2D eigenvalue weighted by atomic mass is 19.4. The van der Waals surface area contributed by atoms with Crippen molar-refractivity contribution in [2.45, 2.75) is 37.5 Å². The molecule has 0 bridgehead atoms. The minimum atomic E-state index is -4.83. The first-order chi connectivity index (χ1) is 12.7. The molecule has 27 heavy (non-hydrogen) atoms. The zero-order chi connectivity index (χ0) is 19.4. The monoisotopic (exact) mass is 378 g/mol. The smallest absolute Gasteiger partial charge is 0.423 e. The van der Waals surface area contributed by atoms with E-state index in [1.54, 1.807) is 18.2 Å². The van der Waals surface area contributed by atoms with E-state index in [-0.39, 0.29) is 6.42 Å². The molecule has 0 aromatic heterocycles. The zero-order valence-electron chi connectivity index (χ0n) is 14.1. The normalized spacial score (nSPS) is 17.7. The molecule has 1 heterocycles. The van der Waals surface area contributed by atoms with Crippen LogP contribution in [0.3, 0.4) is 0 Å². The Morgan fingerprint density at radius 3 is 2.56 bits per heavy atom. The van der Waals surface area contributed by atoms with E-state index in [9.17, 15) is 27.4 Å². The van der Waals surface area contributed by atoms with Gasteiger partial charge in [-0.2, -0.15) is 13.2 Å². The van der Waals surface area contributed by atoms with Crippen LogP contribution in [-0.4, -0.2) is 17.9 Å². The predicted molar refractivity (Wildman–Crippen MR) is 90.1 cm³/mol. The Hall–Kier alpha value is -2.19. The Bertz CT molecular complexity index is 922. The summed E-state index contributed by atoms with van der Waals surface area (Å²) in [5, 5.41) is 10.1. The van der Waals surface area contributed by atoms with Gasteiger partial charge in [0.1, 0.15) is 5.82 Å². The van der Waals surface area contributed by atoms with Crippen molar-refractivity contribution in [1.29, 1.82) is 0 Å². The van der Waals surface area contributed by atoms with Crippen molar-refractivity contribution in [3.63, 3.8) is 0 Å². The number of hydrogen-bond acceptors (Lipinski definition) is 3. The average Bonchev–Trinajstić information content (AvgIpc) is 2.87. The molecule has 0 saturated heterocycles. The van der Waals surface area contributed by atoms with Gasteiger partial charge in [0.25, 0.3) is 0 Å². The quantitative estimate of drug-likeness (QED) is 0.506. The van der Waals surface area contributed by atoms with E-state index in [2.05, 4.69) is 0 Å². The van der Waals surface area contributed by atoms with Crippen LogP contribution in [0.1, 0.15) is 46.3 Å². The summed E-state index contributed by atoms with van der Waals surface area (Å²) in [6.07, 6.45) is -2.51. The maximum Gasteiger partial charge on any atom is 0.492 e. The van der Waals surface area contributed by atoms with Gasteiger partial charge in [0.2, 0.25) is 0 Å². The van der Waals surface area contributed by atoms with Crippen molar-refractivity contribution >= 4 is 18.4 Å². The van der Waals surface area contributed by atoms with Gasteiger partial charge in [0.05, 0.1) is 11.2 Å². The van der Waals surface area contributed by atoms with Crippen molar-refractivity contribution in [2.24, 2.45) is 0 Å². The molecular weight excluding hydrogens is 363 g/mol. The van der Waals surface area contributed by atoms with E-state index in [1.165, 1.54) is 0 Å². The molecule has 0 radical (unpaired) electrons. The van der Waals surface area contributed by atoms with Gasteiger partial charge in [0.15, 0.2) is 5.78 Å². The van der Waals surface area contributed by atoms with Gasteiger partial charge in [-0.25, -0.2) is 4.39 Å². The Kier molecular flexibility index (Phi) is 4.16. The molecular formula is C19H15BF4O3. The molecule has 8 heteroatoms. The fraction of sp³-hybridized carbons (Fsp3) is 0.316. The number of carbonyl (C=O) groups excluding carboxylic acids is 1. The first-order valence-corrected chi connectivity index (χ1v) is 8.59. The second-order valence-electron chi connectivity index (χ2n) is 7.03. The van der Waals surface area contributed by atoms with Crippen LogP contribution in [0.4, 0.5) is 17.6 Å². The molecule has 0 atom stereocenters. The van der Waals surface area contributed by atoms with Crippen LogP contribution in [0.15, 0.2) is 36.4 Å². The summed E-state index contributed by atoms with van der Waals surface area (Å²) < 4.78 is 58.2. The van der Waals surface area contributed by atoms with E-state index in [4.69, 9.17) is 4.65 Å². The van der Waals surface area contributed by atoms with Gasteiger partial charge < -0.3 is 9.68 Å². The number of Topliss-reactive ketones (excluding diaryl/α,β-unsaturated/α-hetero) is 1. The van der Waals surface area contributed by atoms with Crippen LogP contribution in [0.2, 0.25) is 0 Å². The third kappa shape index (κ3) is 3.06. The molecule has 1 spiro atoms. The summed E-state index contributed by atoms with van der Waals surface area (Å²) >= 11 is 0. The fourth-order valence-electron chi connectivity index (χ4n) is 3.84. The predicted octanol–water partition coefficient (Wildman–Crippen LogP) is 3.37. The Morgan fingerprint density at radius 2 is 1.93 bits per heavy atom. The maximum absolute atomic E-state index is 13.2. The minimum absolute atomic E-state index is 0.290. The van der Waals surface area contributed by atoms with Gasteiger partial charge in [-0.15, -0.1) is 0 Å². The first-order valence-electron chi connectivity index (χ1n) is 8.59. The number of benzene rings is 2. The molecule has 1 N–H and O–H groups in total. The summed E-state index contributed by atoms with van der Waals surface area (Å²) in [6.45, 7) is 0. The van der Waals surface area contributed by atoms with Crippen molar-refractivity contribution in [3.8, 4) is 0 Å². The third-order valence-corrected chi connectivity index (χ3v) is 5.32. The van der Waals surface area contributed by atoms with Gasteiger partial charge in [-0.1, -0.05) is 18.2 Å². The molecule has 0 unspecified atom stereocenters. The van der Waals surface area contributed by atoms with E-state index in [0.29, 0.717) is 17.1 Å². The van der Waals surface area contributed by atoms with Gasteiger partial charge in [0, 0.05) is 12.0 Å². The minimum Gasteiger partial charge on any atom is -0.423 e. The summed E-state index contributed by atoms with van der Waals surface area (Å²) in [5.41, 5.74) is -0.444. The van der Waals surface area contributed by atoms with Crippen LogP contribution in [0.5, 0.6) is 0 Å². The van der Waals surface area contributed by atoms with Crippen LogP contribution in [-0.2, 0) is 22.9 Å². The maximum atomic E-state index is 13.2. The molecule has 1 saturated carbocycles. The number of alkyl halides is 3. The second kappa shape index (κ2) is 6.17. The second-order valence-corrected chi connectivity index (χ2v) is 7.03. The van der Waals surface area contributed by atoms with Crippen LogP contribution in [0, 0.1) is 5.82 Å². The summed E-state index contributed by atoms with van der Waals surface area (Å²) in [7, 11) is -1.10. The highest BCUT2D eigenvalue weighted by Gasteiger charge is 2.50. The molecule has 2 aromatic carbocycles. The van der Waals surface area contributed by atoms with E-state index in [0.717, 1.165) is 37.0 Å². The topological polar surface area (TPSA) is 46.5 Å². The summed E-state index contributed by atoms with van der Waals surface area (Å²) in [4.78, 5) is 12.5. The number of fused-ring (bicyclic) bond motifs is 2. The lowest BCUT2D eigenvalue weighted by molar-refractivity contribution is -0.138. The molecule has 1 aliphatic carbocycles. The van der Waals surface area contributed by atoms with Gasteiger partial charge >= 0.3 is 13.3 Å². The van der Waals surface area contributed by atoms with Crippen molar-refractivity contribution in [3.05, 3.63) is 64.5 Å². The standard InChI is InChI=1S/C19H15BF4O3/c21-12-3-4-13(15(10-12)19(22,23)24)17(25)9-11-2-5-14-16(8-11)20(26)27-18(14)6-1-7-18/h2-5,8,10,26H,1,6-7,9H2. The lowest BCUT2D eigenvalue weighted by Gasteiger charge is -2.39. The van der Waals surface area contributed by atoms with E-state index >= 15 is 0 Å². The van der Waals surface area contributed by atoms with Crippen molar-refractivity contribution < 1.29 is 32.0 Å². The number of halogens is 4. The summed E-state index contributed by atoms with van der Waals surface area (Å²) in [5.74, 6) is -1.82. The van der Waals surface area contributed by atoms with Crippen LogP contribution < -0.4 is 5.46 Å². The zero-order valence-corrected chi connectivity index (χ0v) is 14.1. The third-order valence-electron chi connectivity index (χ3n) is 5.32. The Balaban J connectivity index is 1.63. The lowest BCUT2D eigenvalue weighted by Crippen LogP contribution is -2.35. The van der Waals surface area contributed by atoms with E-state index in [1.807, 2.05) is 0 Å². The summed E-state index contributed by atoms with van der Waals surface area (Å²) in [6, 6.07) is 7.05. The molecule has 0 amide bonds. The van der Waals surface area contributed by atoms with Gasteiger partial charge in [-0.3, -0.25) is 4.79 Å². The highest BCUT2D eigenvalue weighted by Crippen LogP contribution is 2.47. The lowest BCUT2D eigenvalue weighted by atomic mass is 9.71. The molecule has 2 aliphatic rings. The van der Waals surface area contributed by atoms with E-state index < -0.39 is 41.6 Å². The highest BCUT2D eigenvalue weighted by molar-refractivity contribution is 6.62. The largest absolute Gasteiger partial charge is 0.492 e. The fourth-order valence-corrected chi connectivity index (χ4v) is 3.84. The number of carbonyl (C=O) groups is 1. The number of rotatable bonds is 3. The SMILES string of the molecule is O=C(Cc1ccc2c(c1)B(O)OC21CCC1)c1ccc(F)cc1C(F)(F)F. The Morgan fingerprint density at radius 1 is 1.19 bits per heavy atom. The molecule has 2 aromatic rings. The Labute approximate surface area is 153 Å². The number of ketones is 1. The molecule has 4 rings (SSSR count). The first kappa shape index (κ1) is 18.2. The molecule has 1 aliphatic heterocycles.